The summed E-state index contributed by atoms with van der Waals surface area (Å²) in [5.74, 6) is -31.6. The summed E-state index contributed by atoms with van der Waals surface area (Å²) in [6, 6.07) is 5.68. The standard InChI is InChI=1S/C27H24F14N2O6/c1-2-47-19(20(44)45)13-15-3-7-17(8-4-15)48-12-11-43(21(46)42-16-5-9-18(10-6-16)49-27(39,40)41)14-22(28,29)23(30,31)24(32,33)25(34,35)26(36,37)38/h3-10,19H,2,11-14H2,1H3,(H,42,46)(H,44,45). The van der Waals surface area contributed by atoms with Crippen molar-refractivity contribution in [1.82, 2.24) is 4.90 Å². The van der Waals surface area contributed by atoms with E-state index in [1.807, 2.05) is 0 Å². The zero-order chi connectivity index (χ0) is 37.6. The van der Waals surface area contributed by atoms with E-state index in [0.29, 0.717) is 29.8 Å². The number of halogens is 14. The van der Waals surface area contributed by atoms with Gasteiger partial charge in [0.1, 0.15) is 18.1 Å². The van der Waals surface area contributed by atoms with Gasteiger partial charge in [-0.1, -0.05) is 12.1 Å². The second-order valence-corrected chi connectivity index (χ2v) is 9.83. The fourth-order valence-corrected chi connectivity index (χ4v) is 3.77. The third kappa shape index (κ3) is 10.1. The zero-order valence-corrected chi connectivity index (χ0v) is 24.5. The largest absolute Gasteiger partial charge is 0.573 e. The average molecular weight is 738 g/mol. The van der Waals surface area contributed by atoms with E-state index in [2.05, 4.69) is 4.74 Å². The SMILES string of the molecule is CCOC(Cc1ccc(OCCN(CC(F)(F)C(F)(F)C(F)(F)C(F)(F)C(F)(F)F)C(=O)Nc2ccc(OC(F)(F)F)cc2)cc1)C(=O)O. The molecular formula is C27H24F14N2O6. The number of hydrogen-bond donors (Lipinski definition) is 2. The van der Waals surface area contributed by atoms with Crippen LogP contribution in [-0.2, 0) is 16.0 Å². The number of anilines is 1. The van der Waals surface area contributed by atoms with Gasteiger partial charge in [0.15, 0.2) is 6.10 Å². The molecule has 0 saturated carbocycles. The minimum atomic E-state index is -7.74. The zero-order valence-electron chi connectivity index (χ0n) is 24.5. The molecule has 49 heavy (non-hydrogen) atoms. The van der Waals surface area contributed by atoms with E-state index in [0.717, 1.165) is 0 Å². The van der Waals surface area contributed by atoms with Crippen molar-refractivity contribution in [2.24, 2.45) is 0 Å². The molecule has 276 valence electrons. The molecule has 0 aliphatic rings. The predicted molar refractivity (Wildman–Crippen MR) is 138 cm³/mol. The number of alkyl halides is 14. The van der Waals surface area contributed by atoms with Gasteiger partial charge in [0, 0.05) is 18.7 Å². The lowest BCUT2D eigenvalue weighted by Gasteiger charge is -2.38. The molecule has 0 bridgehead atoms. The molecule has 0 heterocycles. The molecule has 2 N–H and O–H groups in total. The molecule has 0 spiro atoms. The number of carboxylic acid groups (broad SMARTS) is 1. The van der Waals surface area contributed by atoms with E-state index in [1.54, 1.807) is 12.2 Å². The lowest BCUT2D eigenvalue weighted by Crippen LogP contribution is -2.68. The van der Waals surface area contributed by atoms with Gasteiger partial charge in [-0.25, -0.2) is 9.59 Å². The van der Waals surface area contributed by atoms with Crippen LogP contribution in [0.4, 0.5) is 71.9 Å². The first kappa shape index (κ1) is 40.9. The van der Waals surface area contributed by atoms with Crippen LogP contribution in [0.3, 0.4) is 0 Å². The van der Waals surface area contributed by atoms with Crippen LogP contribution in [-0.4, -0.2) is 90.6 Å². The van der Waals surface area contributed by atoms with Crippen molar-refractivity contribution in [2.75, 3.05) is 31.6 Å². The summed E-state index contributed by atoms with van der Waals surface area (Å²) in [6.07, 6.45) is -13.9. The lowest BCUT2D eigenvalue weighted by molar-refractivity contribution is -0.422. The molecule has 0 saturated heterocycles. The Labute approximate surface area is 266 Å². The van der Waals surface area contributed by atoms with Crippen molar-refractivity contribution < 1.29 is 90.4 Å². The Kier molecular flexibility index (Phi) is 12.6. The fourth-order valence-electron chi connectivity index (χ4n) is 3.77. The molecule has 2 amide bonds. The van der Waals surface area contributed by atoms with E-state index in [4.69, 9.17) is 14.6 Å². The van der Waals surface area contributed by atoms with Crippen molar-refractivity contribution >= 4 is 17.7 Å². The molecule has 1 atom stereocenters. The number of nitrogens with one attached hydrogen (secondary N) is 1. The van der Waals surface area contributed by atoms with Gasteiger partial charge in [-0.05, 0) is 48.9 Å². The normalized spacial score (nSPS) is 13.9. The quantitative estimate of drug-likeness (QED) is 0.172. The van der Waals surface area contributed by atoms with E-state index >= 15 is 0 Å². The summed E-state index contributed by atoms with van der Waals surface area (Å²) in [7, 11) is 0. The Hall–Kier alpha value is -4.24. The first-order valence-corrected chi connectivity index (χ1v) is 13.3. The highest BCUT2D eigenvalue weighted by atomic mass is 19.4. The van der Waals surface area contributed by atoms with Gasteiger partial charge in [-0.15, -0.1) is 13.2 Å². The highest BCUT2D eigenvalue weighted by molar-refractivity contribution is 5.89. The number of hydrogen-bond acceptors (Lipinski definition) is 5. The number of aliphatic carboxylic acids is 1. The van der Waals surface area contributed by atoms with Gasteiger partial charge in [0.25, 0.3) is 0 Å². The van der Waals surface area contributed by atoms with E-state index < -0.39 is 90.4 Å². The Morgan fingerprint density at radius 1 is 0.776 bits per heavy atom. The van der Waals surface area contributed by atoms with Crippen LogP contribution in [0, 0.1) is 0 Å². The first-order valence-electron chi connectivity index (χ1n) is 13.3. The third-order valence-electron chi connectivity index (χ3n) is 6.24. The molecule has 0 radical (unpaired) electrons. The smallest absolute Gasteiger partial charge is 0.492 e. The van der Waals surface area contributed by atoms with E-state index in [-0.39, 0.29) is 18.8 Å². The Morgan fingerprint density at radius 3 is 1.78 bits per heavy atom. The Balaban J connectivity index is 2.31. The second-order valence-electron chi connectivity index (χ2n) is 9.83. The number of amides is 2. The number of benzene rings is 2. The van der Waals surface area contributed by atoms with Crippen molar-refractivity contribution in [1.29, 1.82) is 0 Å². The summed E-state index contributed by atoms with van der Waals surface area (Å²) in [6.45, 7) is -3.48. The maximum Gasteiger partial charge on any atom is 0.573 e. The van der Waals surface area contributed by atoms with Crippen LogP contribution in [0.1, 0.15) is 12.5 Å². The van der Waals surface area contributed by atoms with Crippen molar-refractivity contribution in [3.05, 3.63) is 54.1 Å². The molecule has 0 fully saturated rings. The maximum absolute atomic E-state index is 14.6. The summed E-state index contributed by atoms with van der Waals surface area (Å²) in [4.78, 5) is 23.6. The van der Waals surface area contributed by atoms with E-state index in [1.165, 1.54) is 24.3 Å². The highest BCUT2D eigenvalue weighted by Gasteiger charge is 2.87. The first-order chi connectivity index (χ1) is 22.3. The molecular weight excluding hydrogens is 714 g/mol. The van der Waals surface area contributed by atoms with Crippen LogP contribution in [0.2, 0.25) is 0 Å². The third-order valence-corrected chi connectivity index (χ3v) is 6.24. The van der Waals surface area contributed by atoms with Crippen LogP contribution in [0.25, 0.3) is 0 Å². The predicted octanol–water partition coefficient (Wildman–Crippen LogP) is 7.63. The molecule has 22 heteroatoms. The van der Waals surface area contributed by atoms with Crippen LogP contribution in [0.5, 0.6) is 11.5 Å². The van der Waals surface area contributed by atoms with Crippen LogP contribution >= 0.6 is 0 Å². The molecule has 0 aliphatic heterocycles. The van der Waals surface area contributed by atoms with Gasteiger partial charge in [-0.2, -0.15) is 48.3 Å². The van der Waals surface area contributed by atoms with Crippen LogP contribution < -0.4 is 14.8 Å². The maximum atomic E-state index is 14.6. The molecule has 2 aromatic carbocycles. The number of urea groups is 1. The van der Waals surface area contributed by atoms with Gasteiger partial charge in [0.2, 0.25) is 0 Å². The van der Waals surface area contributed by atoms with E-state index in [9.17, 15) is 71.1 Å². The number of carboxylic acids is 1. The monoisotopic (exact) mass is 738 g/mol. The van der Waals surface area contributed by atoms with Gasteiger partial charge in [0.05, 0.1) is 13.1 Å². The minimum absolute atomic E-state index is 0.0629. The Bertz CT molecular complexity index is 1400. The van der Waals surface area contributed by atoms with Crippen molar-refractivity contribution in [3.63, 3.8) is 0 Å². The van der Waals surface area contributed by atoms with Crippen LogP contribution in [0.15, 0.2) is 48.5 Å². The average Bonchev–Trinajstić information content (AvgIpc) is 2.96. The molecule has 8 nitrogen and oxygen atoms in total. The summed E-state index contributed by atoms with van der Waals surface area (Å²) in [5, 5.41) is 10.9. The number of nitrogens with zero attached hydrogens (tertiary/aromatic N) is 1. The second kappa shape index (κ2) is 15.1. The number of carbonyl (C=O) groups is 2. The van der Waals surface area contributed by atoms with Crippen molar-refractivity contribution in [3.8, 4) is 11.5 Å². The molecule has 2 rings (SSSR count). The highest BCUT2D eigenvalue weighted by Crippen LogP contribution is 2.57. The van der Waals surface area contributed by atoms with Crippen molar-refractivity contribution in [2.45, 2.75) is 55.7 Å². The topological polar surface area (TPSA) is 97.3 Å². The summed E-state index contributed by atoms with van der Waals surface area (Å²) < 4.78 is 200. The van der Waals surface area contributed by atoms with Gasteiger partial charge < -0.3 is 29.5 Å². The number of carbonyl (C=O) groups excluding carboxylic acids is 1. The number of ether oxygens (including phenoxy) is 3. The fraction of sp³-hybridized carbons (Fsp3) is 0.481. The van der Waals surface area contributed by atoms with Gasteiger partial charge >= 0.3 is 48.2 Å². The minimum Gasteiger partial charge on any atom is -0.492 e. The number of rotatable bonds is 16. The lowest BCUT2D eigenvalue weighted by atomic mass is 9.97. The summed E-state index contributed by atoms with van der Waals surface area (Å²) >= 11 is 0. The van der Waals surface area contributed by atoms with Gasteiger partial charge in [-0.3, -0.25) is 0 Å². The summed E-state index contributed by atoms with van der Waals surface area (Å²) in [5.41, 5.74) is -0.143. The Morgan fingerprint density at radius 2 is 1.31 bits per heavy atom. The molecule has 2 aromatic rings. The molecule has 0 aliphatic carbocycles. The molecule has 1 unspecified atom stereocenters. The molecule has 0 aromatic heterocycles.